The van der Waals surface area contributed by atoms with E-state index in [1.807, 2.05) is 17.9 Å². The molecule has 5 atom stereocenters. The van der Waals surface area contributed by atoms with Crippen LogP contribution in [0.5, 0.6) is 28.7 Å². The molecule has 2 aromatic rings. The van der Waals surface area contributed by atoms with E-state index in [0.29, 0.717) is 40.4 Å². The summed E-state index contributed by atoms with van der Waals surface area (Å²) in [5.74, 6) is 0.569. The van der Waals surface area contributed by atoms with Gasteiger partial charge in [-0.3, -0.25) is 9.69 Å². The second kappa shape index (κ2) is 7.39. The average molecular weight is 485 g/mol. The molecule has 0 radical (unpaired) electrons. The second-order valence-electron chi connectivity index (χ2n) is 9.72. The fraction of sp³-hybridized carbons (Fsp3) is 0.480. The molecule has 10 heteroatoms. The number of aryl methyl sites for hydroxylation is 1. The molecule has 1 amide bonds. The normalized spacial score (nSPS) is 28.5. The monoisotopic (exact) mass is 484 g/mol. The molecular weight excluding hydrogens is 456 g/mol. The number of aromatic hydroxyl groups is 2. The molecule has 1 unspecified atom stereocenters. The van der Waals surface area contributed by atoms with Gasteiger partial charge in [0.2, 0.25) is 12.7 Å². The number of hydrogen-bond donors (Lipinski definition) is 4. The number of amides is 1. The van der Waals surface area contributed by atoms with E-state index in [4.69, 9.17) is 14.2 Å². The third kappa shape index (κ3) is 2.61. The summed E-state index contributed by atoms with van der Waals surface area (Å²) < 4.78 is 16.7. The number of fused-ring (bicyclic) bond motifs is 9. The van der Waals surface area contributed by atoms with Crippen LogP contribution in [0.15, 0.2) is 6.07 Å². The molecular formula is C25H28N2O8. The maximum atomic E-state index is 13.9. The van der Waals surface area contributed by atoms with Crippen molar-refractivity contribution in [3.05, 3.63) is 39.4 Å². The molecule has 1 saturated heterocycles. The van der Waals surface area contributed by atoms with Crippen LogP contribution in [0.25, 0.3) is 0 Å². The number of nitrogens with zero attached hydrogens (tertiary/aromatic N) is 2. The summed E-state index contributed by atoms with van der Waals surface area (Å²) in [5.41, 5.74) is 3.11. The van der Waals surface area contributed by atoms with Gasteiger partial charge in [0.1, 0.15) is 11.9 Å². The molecule has 4 heterocycles. The second-order valence-corrected chi connectivity index (χ2v) is 9.72. The molecule has 6 rings (SSSR count). The summed E-state index contributed by atoms with van der Waals surface area (Å²) in [6.45, 7) is 2.99. The molecule has 0 saturated carbocycles. The van der Waals surface area contributed by atoms with E-state index in [9.17, 15) is 25.2 Å². The van der Waals surface area contributed by atoms with Gasteiger partial charge in [0, 0.05) is 22.3 Å². The molecule has 0 spiro atoms. The summed E-state index contributed by atoms with van der Waals surface area (Å²) in [7, 11) is 3.28. The van der Waals surface area contributed by atoms with Crippen LogP contribution < -0.4 is 14.2 Å². The van der Waals surface area contributed by atoms with Crippen molar-refractivity contribution in [2.75, 3.05) is 27.6 Å². The van der Waals surface area contributed by atoms with Crippen LogP contribution in [0.3, 0.4) is 0 Å². The first-order chi connectivity index (χ1) is 16.7. The zero-order valence-corrected chi connectivity index (χ0v) is 19.9. The number of carbonyl (C=O) groups excluding carboxylic acids is 1. The van der Waals surface area contributed by atoms with Gasteiger partial charge in [-0.2, -0.15) is 0 Å². The summed E-state index contributed by atoms with van der Waals surface area (Å²) in [5, 5.41) is 44.7. The lowest BCUT2D eigenvalue weighted by Gasteiger charge is -2.58. The van der Waals surface area contributed by atoms with E-state index in [1.165, 1.54) is 12.0 Å². The van der Waals surface area contributed by atoms with Crippen molar-refractivity contribution < 1.29 is 39.4 Å². The lowest BCUT2D eigenvalue weighted by molar-refractivity contribution is -0.168. The number of benzene rings is 2. The van der Waals surface area contributed by atoms with Crippen molar-refractivity contribution in [3.63, 3.8) is 0 Å². The maximum absolute atomic E-state index is 13.9. The van der Waals surface area contributed by atoms with Crippen LogP contribution in [0, 0.1) is 13.8 Å². The number of methoxy groups -OCH3 is 1. The minimum Gasteiger partial charge on any atom is -0.507 e. The number of aliphatic hydroxyl groups excluding tert-OH is 2. The molecule has 4 N–H and O–H groups in total. The van der Waals surface area contributed by atoms with Crippen molar-refractivity contribution >= 4 is 5.91 Å². The topological polar surface area (TPSA) is 132 Å². The van der Waals surface area contributed by atoms with Crippen LogP contribution in [0.1, 0.15) is 51.6 Å². The quantitative estimate of drug-likeness (QED) is 0.499. The first-order valence-electron chi connectivity index (χ1n) is 11.6. The molecule has 10 nitrogen and oxygen atoms in total. The van der Waals surface area contributed by atoms with Gasteiger partial charge in [-0.25, -0.2) is 0 Å². The summed E-state index contributed by atoms with van der Waals surface area (Å²) >= 11 is 0. The SMILES string of the molecule is COc1c(C)cc2c(c1O)[C@H]1[C@H]3C(O)c4c(O)c(C)c5c(c4[C@H](CO)N3C(=O)[C@H](C2)N1C)OCO5. The Hall–Kier alpha value is -3.21. The van der Waals surface area contributed by atoms with Gasteiger partial charge in [-0.15, -0.1) is 0 Å². The Morgan fingerprint density at radius 2 is 1.83 bits per heavy atom. The number of piperazine rings is 1. The number of phenolic OH excluding ortho intramolecular Hbond substituents is 2. The zero-order valence-electron chi connectivity index (χ0n) is 19.9. The van der Waals surface area contributed by atoms with Crippen LogP contribution in [0.2, 0.25) is 0 Å². The first kappa shape index (κ1) is 22.3. The minimum atomic E-state index is -1.32. The highest BCUT2D eigenvalue weighted by Crippen LogP contribution is 2.59. The third-order valence-corrected chi connectivity index (χ3v) is 8.15. The smallest absolute Gasteiger partial charge is 0.241 e. The van der Waals surface area contributed by atoms with Gasteiger partial charge >= 0.3 is 0 Å². The number of aliphatic hydroxyl groups is 2. The molecule has 2 aromatic carbocycles. The number of rotatable bonds is 2. The molecule has 2 bridgehead atoms. The number of phenols is 2. The fourth-order valence-corrected chi connectivity index (χ4v) is 6.64. The molecule has 186 valence electrons. The van der Waals surface area contributed by atoms with Crippen molar-refractivity contribution in [2.45, 2.75) is 50.5 Å². The largest absolute Gasteiger partial charge is 0.507 e. The summed E-state index contributed by atoms with van der Waals surface area (Å²) in [6, 6.07) is -1.02. The molecule has 35 heavy (non-hydrogen) atoms. The first-order valence-corrected chi connectivity index (χ1v) is 11.6. The van der Waals surface area contributed by atoms with Crippen LogP contribution in [-0.4, -0.2) is 75.8 Å². The van der Waals surface area contributed by atoms with Crippen LogP contribution in [0.4, 0.5) is 0 Å². The van der Waals surface area contributed by atoms with Crippen molar-refractivity contribution in [1.82, 2.24) is 9.80 Å². The minimum absolute atomic E-state index is 0.0308. The Morgan fingerprint density at radius 1 is 1.11 bits per heavy atom. The Kier molecular flexibility index (Phi) is 4.70. The summed E-state index contributed by atoms with van der Waals surface area (Å²) in [6.07, 6.45) is -0.961. The molecule has 0 aromatic heterocycles. The maximum Gasteiger partial charge on any atom is 0.241 e. The molecule has 1 fully saturated rings. The Morgan fingerprint density at radius 3 is 2.51 bits per heavy atom. The highest BCUT2D eigenvalue weighted by Gasteiger charge is 2.59. The lowest BCUT2D eigenvalue weighted by atomic mass is 9.72. The van der Waals surface area contributed by atoms with E-state index in [1.54, 1.807) is 14.0 Å². The Balaban J connectivity index is 1.63. The predicted octanol–water partition coefficient (Wildman–Crippen LogP) is 1.34. The standard InChI is InChI=1S/C25H28N2O8/c1-9-5-11-6-12-25(32)27-13(7-28)15-16(19(29)10(2)23-24(15)35-8-34-23)20(30)18(27)17(26(12)3)14(11)21(31)22(9)33-4/h5,12-13,17-18,20,28-31H,6-8H2,1-4H3/t12-,13-,17-,18-,20?/m0/s1. The highest BCUT2D eigenvalue weighted by molar-refractivity contribution is 5.86. The van der Waals surface area contributed by atoms with E-state index >= 15 is 0 Å². The van der Waals surface area contributed by atoms with Gasteiger partial charge < -0.3 is 39.5 Å². The van der Waals surface area contributed by atoms with Crippen molar-refractivity contribution in [3.8, 4) is 28.7 Å². The fourth-order valence-electron chi connectivity index (χ4n) is 6.64. The van der Waals surface area contributed by atoms with Gasteiger partial charge in [0.25, 0.3) is 0 Å². The Labute approximate surface area is 201 Å². The van der Waals surface area contributed by atoms with E-state index in [2.05, 4.69) is 0 Å². The molecule has 4 aliphatic heterocycles. The average Bonchev–Trinajstić information content (AvgIpc) is 3.31. The summed E-state index contributed by atoms with van der Waals surface area (Å²) in [4.78, 5) is 17.3. The van der Waals surface area contributed by atoms with Gasteiger partial charge in [-0.05, 0) is 38.4 Å². The highest BCUT2D eigenvalue weighted by atomic mass is 16.7. The van der Waals surface area contributed by atoms with E-state index in [-0.39, 0.29) is 29.8 Å². The molecule has 0 aliphatic carbocycles. The zero-order chi connectivity index (χ0) is 24.9. The predicted molar refractivity (Wildman–Crippen MR) is 122 cm³/mol. The van der Waals surface area contributed by atoms with Crippen LogP contribution >= 0.6 is 0 Å². The van der Waals surface area contributed by atoms with Crippen molar-refractivity contribution in [2.24, 2.45) is 0 Å². The van der Waals surface area contributed by atoms with Gasteiger partial charge in [-0.1, -0.05) is 6.07 Å². The number of likely N-dealkylation sites (N-methyl/N-ethyl adjacent to an activating group) is 1. The molecule has 4 aliphatic rings. The number of hydrogen-bond acceptors (Lipinski definition) is 9. The Bertz CT molecular complexity index is 1280. The van der Waals surface area contributed by atoms with E-state index in [0.717, 1.165) is 11.1 Å². The lowest BCUT2D eigenvalue weighted by Crippen LogP contribution is -2.67. The van der Waals surface area contributed by atoms with Gasteiger partial charge in [0.05, 0.1) is 37.9 Å². The van der Waals surface area contributed by atoms with Crippen molar-refractivity contribution in [1.29, 1.82) is 0 Å². The number of carbonyl (C=O) groups is 1. The van der Waals surface area contributed by atoms with E-state index < -0.39 is 36.9 Å². The number of ether oxygens (including phenoxy) is 3. The van der Waals surface area contributed by atoms with Crippen LogP contribution in [-0.2, 0) is 11.2 Å². The third-order valence-electron chi connectivity index (χ3n) is 8.15. The van der Waals surface area contributed by atoms with Gasteiger partial charge in [0.15, 0.2) is 23.0 Å².